The Morgan fingerprint density at radius 2 is 1.68 bits per heavy atom. The van der Waals surface area contributed by atoms with Crippen molar-refractivity contribution < 1.29 is 31.1 Å². The molecule has 0 bridgehead atoms. The highest BCUT2D eigenvalue weighted by Crippen LogP contribution is 2.35. The van der Waals surface area contributed by atoms with Crippen LogP contribution in [0, 0.1) is 6.92 Å². The first kappa shape index (κ1) is 23.1. The highest BCUT2D eigenvalue weighted by molar-refractivity contribution is 7.89. The molecule has 2 aromatic rings. The van der Waals surface area contributed by atoms with Crippen LogP contribution in [0.2, 0.25) is 0 Å². The second-order valence-corrected chi connectivity index (χ2v) is 9.21. The van der Waals surface area contributed by atoms with Crippen molar-refractivity contribution in [3.05, 3.63) is 59.7 Å². The van der Waals surface area contributed by atoms with Gasteiger partial charge in [0.25, 0.3) is 5.91 Å². The minimum Gasteiger partial charge on any atom is -0.481 e. The number of piperazine rings is 1. The van der Waals surface area contributed by atoms with Crippen LogP contribution in [0.1, 0.15) is 18.1 Å². The van der Waals surface area contributed by atoms with E-state index < -0.39 is 32.8 Å². The number of sulfonamides is 1. The van der Waals surface area contributed by atoms with Gasteiger partial charge in [-0.2, -0.15) is 17.5 Å². The maximum atomic E-state index is 13.3. The molecule has 0 aliphatic carbocycles. The lowest BCUT2D eigenvalue weighted by molar-refractivity contribution is -0.140. The third-order valence-corrected chi connectivity index (χ3v) is 6.97. The summed E-state index contributed by atoms with van der Waals surface area (Å²) in [4.78, 5) is 13.4. The summed E-state index contributed by atoms with van der Waals surface area (Å²) in [5.41, 5.74) is -0.219. The molecule has 0 N–H and O–H groups in total. The van der Waals surface area contributed by atoms with E-state index in [1.54, 1.807) is 19.1 Å². The Bertz CT molecular complexity index is 1050. The molecule has 0 saturated carbocycles. The summed E-state index contributed by atoms with van der Waals surface area (Å²) in [7, 11) is -4.35. The van der Waals surface area contributed by atoms with Gasteiger partial charge in [-0.15, -0.1) is 0 Å². The maximum Gasteiger partial charge on any atom is 0.417 e. The third kappa shape index (κ3) is 5.19. The van der Waals surface area contributed by atoms with E-state index in [1.807, 2.05) is 19.1 Å². The Kier molecular flexibility index (Phi) is 6.61. The minimum atomic E-state index is -4.79. The fourth-order valence-corrected chi connectivity index (χ4v) is 5.05. The second-order valence-electron chi connectivity index (χ2n) is 7.30. The van der Waals surface area contributed by atoms with Crippen molar-refractivity contribution in [2.45, 2.75) is 31.0 Å². The molecule has 31 heavy (non-hydrogen) atoms. The van der Waals surface area contributed by atoms with Crippen LogP contribution in [0.4, 0.5) is 13.2 Å². The third-order valence-electron chi connectivity index (χ3n) is 5.01. The summed E-state index contributed by atoms with van der Waals surface area (Å²) in [5, 5.41) is 0. The van der Waals surface area contributed by atoms with Crippen LogP contribution in [0.25, 0.3) is 0 Å². The summed E-state index contributed by atoms with van der Waals surface area (Å²) >= 11 is 0. The lowest BCUT2D eigenvalue weighted by Crippen LogP contribution is -2.53. The van der Waals surface area contributed by atoms with E-state index in [9.17, 15) is 26.4 Å². The van der Waals surface area contributed by atoms with Gasteiger partial charge in [0.1, 0.15) is 5.75 Å². The van der Waals surface area contributed by atoms with Crippen LogP contribution in [-0.2, 0) is 21.0 Å². The number of aryl methyl sites for hydroxylation is 1. The number of hydrogen-bond acceptors (Lipinski definition) is 4. The number of nitrogens with zero attached hydrogens (tertiary/aromatic N) is 2. The van der Waals surface area contributed by atoms with Crippen LogP contribution < -0.4 is 4.74 Å². The zero-order valence-corrected chi connectivity index (χ0v) is 17.9. The lowest BCUT2D eigenvalue weighted by Gasteiger charge is -2.35. The normalized spacial score (nSPS) is 16.7. The molecule has 1 atom stereocenters. The van der Waals surface area contributed by atoms with Crippen LogP contribution in [0.5, 0.6) is 5.75 Å². The molecular weight excluding hydrogens is 433 g/mol. The van der Waals surface area contributed by atoms with Crippen molar-refractivity contribution in [2.24, 2.45) is 0 Å². The number of carbonyl (C=O) groups excluding carboxylic acids is 1. The van der Waals surface area contributed by atoms with Gasteiger partial charge in [-0.1, -0.05) is 24.3 Å². The molecule has 6 nitrogen and oxygen atoms in total. The topological polar surface area (TPSA) is 66.9 Å². The molecule has 1 amide bonds. The first-order chi connectivity index (χ1) is 14.5. The largest absolute Gasteiger partial charge is 0.481 e. The van der Waals surface area contributed by atoms with E-state index in [-0.39, 0.29) is 32.1 Å². The summed E-state index contributed by atoms with van der Waals surface area (Å²) in [6, 6.07) is 11.3. The predicted molar refractivity (Wildman–Crippen MR) is 108 cm³/mol. The Morgan fingerprint density at radius 3 is 2.29 bits per heavy atom. The van der Waals surface area contributed by atoms with E-state index in [0.717, 1.165) is 28.1 Å². The maximum absolute atomic E-state index is 13.3. The molecule has 1 saturated heterocycles. The molecule has 1 heterocycles. The van der Waals surface area contributed by atoms with Crippen molar-refractivity contribution in [1.82, 2.24) is 9.21 Å². The Hall–Kier alpha value is -2.59. The quantitative estimate of drug-likeness (QED) is 0.693. The smallest absolute Gasteiger partial charge is 0.417 e. The number of amides is 1. The molecule has 1 fully saturated rings. The van der Waals surface area contributed by atoms with Gasteiger partial charge in [-0.05, 0) is 43.7 Å². The Balaban J connectivity index is 1.67. The highest BCUT2D eigenvalue weighted by Gasteiger charge is 2.40. The van der Waals surface area contributed by atoms with Gasteiger partial charge in [-0.3, -0.25) is 4.79 Å². The molecular formula is C21H23F3N2O4S. The lowest BCUT2D eigenvalue weighted by atomic mass is 10.2. The molecule has 3 rings (SSSR count). The van der Waals surface area contributed by atoms with Crippen molar-refractivity contribution in [1.29, 1.82) is 0 Å². The Labute approximate surface area is 179 Å². The summed E-state index contributed by atoms with van der Waals surface area (Å²) in [6.07, 6.45) is -5.57. The van der Waals surface area contributed by atoms with Crippen LogP contribution in [0.3, 0.4) is 0 Å². The van der Waals surface area contributed by atoms with Crippen molar-refractivity contribution in [2.75, 3.05) is 26.2 Å². The first-order valence-electron chi connectivity index (χ1n) is 9.68. The minimum absolute atomic E-state index is 0.0633. The van der Waals surface area contributed by atoms with Gasteiger partial charge in [0.05, 0.1) is 10.5 Å². The fourth-order valence-electron chi connectivity index (χ4n) is 3.41. The van der Waals surface area contributed by atoms with Crippen LogP contribution in [-0.4, -0.2) is 55.8 Å². The number of ether oxygens (including phenoxy) is 1. The predicted octanol–water partition coefficient (Wildman–Crippen LogP) is 3.31. The number of benzene rings is 2. The molecule has 2 aromatic carbocycles. The van der Waals surface area contributed by atoms with Crippen LogP contribution in [0.15, 0.2) is 53.4 Å². The van der Waals surface area contributed by atoms with E-state index in [4.69, 9.17) is 4.74 Å². The van der Waals surface area contributed by atoms with Crippen molar-refractivity contribution in [3.8, 4) is 5.75 Å². The molecule has 0 unspecified atom stereocenters. The second kappa shape index (κ2) is 8.88. The number of rotatable bonds is 5. The first-order valence-corrected chi connectivity index (χ1v) is 11.1. The molecule has 10 heteroatoms. The molecule has 0 aromatic heterocycles. The Morgan fingerprint density at radius 1 is 1.03 bits per heavy atom. The summed E-state index contributed by atoms with van der Waals surface area (Å²) in [5.74, 6) is 0.236. The number of alkyl halides is 3. The van der Waals surface area contributed by atoms with E-state index in [2.05, 4.69) is 0 Å². The zero-order valence-electron chi connectivity index (χ0n) is 17.1. The van der Waals surface area contributed by atoms with Gasteiger partial charge in [0, 0.05) is 26.2 Å². The van der Waals surface area contributed by atoms with Gasteiger partial charge in [0.2, 0.25) is 10.0 Å². The molecule has 168 valence electrons. The monoisotopic (exact) mass is 456 g/mol. The van der Waals surface area contributed by atoms with Gasteiger partial charge in [0.15, 0.2) is 6.10 Å². The molecule has 0 spiro atoms. The van der Waals surface area contributed by atoms with Crippen molar-refractivity contribution >= 4 is 15.9 Å². The zero-order chi connectivity index (χ0) is 22.8. The van der Waals surface area contributed by atoms with E-state index in [0.29, 0.717) is 5.75 Å². The SMILES string of the molecule is Cc1cccc(O[C@H](C)C(=O)N2CCN(S(=O)(=O)c3ccccc3C(F)(F)F)CC2)c1. The average Bonchev–Trinajstić information content (AvgIpc) is 2.72. The van der Waals surface area contributed by atoms with Crippen LogP contribution >= 0.6 is 0 Å². The van der Waals surface area contributed by atoms with E-state index >= 15 is 0 Å². The highest BCUT2D eigenvalue weighted by atomic mass is 32.2. The van der Waals surface area contributed by atoms with Crippen molar-refractivity contribution in [3.63, 3.8) is 0 Å². The average molecular weight is 456 g/mol. The standard InChI is InChI=1S/C21H23F3N2O4S/c1-15-6-5-7-17(14-15)30-16(2)20(27)25-10-12-26(13-11-25)31(28,29)19-9-4-3-8-18(19)21(22,23)24/h3-9,14,16H,10-13H2,1-2H3/t16-/m1/s1. The summed E-state index contributed by atoms with van der Waals surface area (Å²) in [6.45, 7) is 3.43. The molecule has 0 radical (unpaired) electrons. The van der Waals surface area contributed by atoms with Gasteiger partial charge in [-0.25, -0.2) is 8.42 Å². The van der Waals surface area contributed by atoms with E-state index in [1.165, 1.54) is 11.0 Å². The number of hydrogen-bond donors (Lipinski definition) is 0. The summed E-state index contributed by atoms with van der Waals surface area (Å²) < 4.78 is 72.1. The van der Waals surface area contributed by atoms with Gasteiger partial charge < -0.3 is 9.64 Å². The fraction of sp³-hybridized carbons (Fsp3) is 0.381. The number of carbonyl (C=O) groups is 1. The number of halogens is 3. The molecule has 1 aliphatic rings. The van der Waals surface area contributed by atoms with Gasteiger partial charge >= 0.3 is 6.18 Å². The molecule has 1 aliphatic heterocycles.